The molecule has 2 aliphatic rings. The molecule has 1 unspecified atom stereocenters. The second-order valence-corrected chi connectivity index (χ2v) is 7.78. The third kappa shape index (κ3) is 2.73. The Hall–Kier alpha value is -2.67. The lowest BCUT2D eigenvalue weighted by molar-refractivity contribution is 0.136. The average Bonchev–Trinajstić information content (AvgIpc) is 3.24. The van der Waals surface area contributed by atoms with Crippen LogP contribution in [0.2, 0.25) is 0 Å². The zero-order valence-electron chi connectivity index (χ0n) is 15.5. The number of benzene rings is 1. The Kier molecular flexibility index (Phi) is 3.79. The zero-order chi connectivity index (χ0) is 18.4. The van der Waals surface area contributed by atoms with Crippen LogP contribution in [0.1, 0.15) is 36.2 Å². The Morgan fingerprint density at radius 2 is 2.26 bits per heavy atom. The third-order valence-corrected chi connectivity index (χ3v) is 6.14. The zero-order valence-corrected chi connectivity index (χ0v) is 15.5. The summed E-state index contributed by atoms with van der Waals surface area (Å²) in [5, 5.41) is 8.81. The lowest BCUT2D eigenvalue weighted by Gasteiger charge is -2.40. The molecule has 0 amide bonds. The first-order valence-electron chi connectivity index (χ1n) is 9.52. The van der Waals surface area contributed by atoms with Gasteiger partial charge in [0, 0.05) is 30.1 Å². The normalized spacial score (nSPS) is 22.4. The topological polar surface area (TPSA) is 93.0 Å². The van der Waals surface area contributed by atoms with E-state index in [4.69, 9.17) is 10.5 Å². The third-order valence-electron chi connectivity index (χ3n) is 6.14. The van der Waals surface area contributed by atoms with Crippen LogP contribution in [0, 0.1) is 0 Å². The Morgan fingerprint density at radius 3 is 3.15 bits per heavy atom. The Balaban J connectivity index is 1.43. The molecule has 7 heteroatoms. The predicted octanol–water partition coefficient (Wildman–Crippen LogP) is 2.42. The summed E-state index contributed by atoms with van der Waals surface area (Å²) in [6, 6.07) is 6.01. The highest BCUT2D eigenvalue weighted by Crippen LogP contribution is 2.44. The molecule has 0 radical (unpaired) electrons. The first-order valence-corrected chi connectivity index (χ1v) is 9.52. The molecule has 1 spiro atoms. The molecule has 5 rings (SSSR count). The summed E-state index contributed by atoms with van der Waals surface area (Å²) in [5.74, 6) is 1.25. The van der Waals surface area contributed by atoms with E-state index in [0.717, 1.165) is 54.8 Å². The maximum absolute atomic E-state index is 5.89. The monoisotopic (exact) mass is 364 g/mol. The number of fused-ring (bicyclic) bond motifs is 3. The van der Waals surface area contributed by atoms with Gasteiger partial charge in [-0.15, -0.1) is 0 Å². The molecule has 1 fully saturated rings. The molecule has 1 aliphatic carbocycles. The van der Waals surface area contributed by atoms with Crippen molar-refractivity contribution in [3.63, 3.8) is 0 Å². The highest BCUT2D eigenvalue weighted by molar-refractivity contribution is 5.82. The van der Waals surface area contributed by atoms with Gasteiger partial charge in [-0.3, -0.25) is 10.00 Å². The van der Waals surface area contributed by atoms with Gasteiger partial charge in [-0.05, 0) is 56.0 Å². The molecule has 7 nitrogen and oxygen atoms in total. The summed E-state index contributed by atoms with van der Waals surface area (Å²) >= 11 is 0. The highest BCUT2D eigenvalue weighted by Gasteiger charge is 2.43. The van der Waals surface area contributed by atoms with E-state index >= 15 is 0 Å². The SMILES string of the molecule is COc1ccc2n[nH]c(CN3CCCC4(CCc5cnc(N)nc54)C3)c2c1. The fourth-order valence-electron chi connectivity index (χ4n) is 4.83. The van der Waals surface area contributed by atoms with E-state index in [9.17, 15) is 0 Å². The molecule has 140 valence electrons. The van der Waals surface area contributed by atoms with E-state index < -0.39 is 0 Å². The predicted molar refractivity (Wildman–Crippen MR) is 104 cm³/mol. The molecule has 1 saturated heterocycles. The number of nitrogens with two attached hydrogens (primary N) is 1. The Bertz CT molecular complexity index is 995. The van der Waals surface area contributed by atoms with Gasteiger partial charge in [0.05, 0.1) is 24.0 Å². The molecule has 27 heavy (non-hydrogen) atoms. The quantitative estimate of drug-likeness (QED) is 0.741. The van der Waals surface area contributed by atoms with Gasteiger partial charge in [-0.2, -0.15) is 5.10 Å². The number of nitrogen functional groups attached to an aromatic ring is 1. The molecule has 1 atom stereocenters. The number of aromatic amines is 1. The van der Waals surface area contributed by atoms with Crippen LogP contribution in [0.15, 0.2) is 24.4 Å². The standard InChI is InChI=1S/C20H24N6O/c1-27-14-3-4-16-15(9-14)17(25-24-16)11-26-8-2-6-20(12-26)7-5-13-10-22-19(21)23-18(13)20/h3-4,9-10H,2,5-8,11-12H2,1H3,(H,24,25)(H2,21,22,23). The molecule has 3 N–H and O–H groups in total. The van der Waals surface area contributed by atoms with E-state index in [1.54, 1.807) is 7.11 Å². The van der Waals surface area contributed by atoms with Crippen LogP contribution in [0.3, 0.4) is 0 Å². The number of H-pyrrole nitrogens is 1. The maximum Gasteiger partial charge on any atom is 0.220 e. The summed E-state index contributed by atoms with van der Waals surface area (Å²) < 4.78 is 5.38. The van der Waals surface area contributed by atoms with Crippen LogP contribution in [-0.4, -0.2) is 45.3 Å². The summed E-state index contributed by atoms with van der Waals surface area (Å²) in [7, 11) is 1.69. The van der Waals surface area contributed by atoms with Crippen molar-refractivity contribution in [1.29, 1.82) is 0 Å². The largest absolute Gasteiger partial charge is 0.497 e. The van der Waals surface area contributed by atoms with Gasteiger partial charge in [-0.25, -0.2) is 9.97 Å². The number of rotatable bonds is 3. The molecule has 2 aromatic heterocycles. The molecule has 0 bridgehead atoms. The van der Waals surface area contributed by atoms with Crippen LogP contribution in [0.5, 0.6) is 5.75 Å². The van der Waals surface area contributed by atoms with Crippen molar-refractivity contribution in [1.82, 2.24) is 25.1 Å². The van der Waals surface area contributed by atoms with Crippen molar-refractivity contribution in [3.8, 4) is 5.75 Å². The van der Waals surface area contributed by atoms with Crippen molar-refractivity contribution >= 4 is 16.9 Å². The number of anilines is 1. The first-order chi connectivity index (χ1) is 13.2. The number of nitrogens with one attached hydrogen (secondary N) is 1. The van der Waals surface area contributed by atoms with Crippen LogP contribution >= 0.6 is 0 Å². The molecule has 1 aromatic carbocycles. The van der Waals surface area contributed by atoms with Gasteiger partial charge in [0.2, 0.25) is 5.95 Å². The smallest absolute Gasteiger partial charge is 0.220 e. The molecule has 3 aromatic rings. The number of hydrogen-bond acceptors (Lipinski definition) is 6. The van der Waals surface area contributed by atoms with Crippen LogP contribution in [0.25, 0.3) is 10.9 Å². The summed E-state index contributed by atoms with van der Waals surface area (Å²) in [4.78, 5) is 11.3. The number of aryl methyl sites for hydroxylation is 1. The van der Waals surface area contributed by atoms with Crippen molar-refractivity contribution in [2.24, 2.45) is 0 Å². The second kappa shape index (κ2) is 6.20. The van der Waals surface area contributed by atoms with Crippen molar-refractivity contribution < 1.29 is 4.74 Å². The van der Waals surface area contributed by atoms with Gasteiger partial charge in [0.15, 0.2) is 0 Å². The number of hydrogen-bond donors (Lipinski definition) is 2. The highest BCUT2D eigenvalue weighted by atomic mass is 16.5. The number of methoxy groups -OCH3 is 1. The fraction of sp³-hybridized carbons (Fsp3) is 0.450. The van der Waals surface area contributed by atoms with Gasteiger partial charge in [0.25, 0.3) is 0 Å². The Labute approximate surface area is 157 Å². The minimum absolute atomic E-state index is 0.109. The molecule has 0 saturated carbocycles. The number of ether oxygens (including phenoxy) is 1. The molecular weight excluding hydrogens is 340 g/mol. The van der Waals surface area contributed by atoms with Crippen molar-refractivity contribution in [3.05, 3.63) is 41.3 Å². The van der Waals surface area contributed by atoms with Gasteiger partial charge in [-0.1, -0.05) is 0 Å². The molecule has 1 aliphatic heterocycles. The molecule has 3 heterocycles. The summed E-state index contributed by atoms with van der Waals surface area (Å²) in [6.07, 6.45) is 6.44. The number of nitrogens with zero attached hydrogens (tertiary/aromatic N) is 4. The van der Waals surface area contributed by atoms with Crippen molar-refractivity contribution in [2.45, 2.75) is 37.6 Å². The van der Waals surface area contributed by atoms with Gasteiger partial charge >= 0.3 is 0 Å². The minimum Gasteiger partial charge on any atom is -0.497 e. The Morgan fingerprint density at radius 1 is 1.33 bits per heavy atom. The number of aromatic nitrogens is 4. The average molecular weight is 364 g/mol. The minimum atomic E-state index is 0.109. The lowest BCUT2D eigenvalue weighted by Crippen LogP contribution is -2.45. The maximum atomic E-state index is 5.89. The van der Waals surface area contributed by atoms with E-state index in [-0.39, 0.29) is 5.41 Å². The fourth-order valence-corrected chi connectivity index (χ4v) is 4.83. The molecular formula is C20H24N6O. The lowest BCUT2D eigenvalue weighted by atomic mass is 9.77. The number of piperidine rings is 1. The number of likely N-dealkylation sites (tertiary alicyclic amines) is 1. The van der Waals surface area contributed by atoms with Crippen molar-refractivity contribution in [2.75, 3.05) is 25.9 Å². The van der Waals surface area contributed by atoms with E-state index in [1.165, 1.54) is 24.1 Å². The van der Waals surface area contributed by atoms with E-state index in [0.29, 0.717) is 5.95 Å². The van der Waals surface area contributed by atoms with E-state index in [2.05, 4.69) is 31.1 Å². The van der Waals surface area contributed by atoms with Crippen LogP contribution in [0.4, 0.5) is 5.95 Å². The second-order valence-electron chi connectivity index (χ2n) is 7.78. The first kappa shape index (κ1) is 16.5. The van der Waals surface area contributed by atoms with Crippen LogP contribution in [-0.2, 0) is 18.4 Å². The van der Waals surface area contributed by atoms with Crippen LogP contribution < -0.4 is 10.5 Å². The van der Waals surface area contributed by atoms with E-state index in [1.807, 2.05) is 18.3 Å². The van der Waals surface area contributed by atoms with Gasteiger partial charge < -0.3 is 10.5 Å². The van der Waals surface area contributed by atoms with Gasteiger partial charge in [0.1, 0.15) is 5.75 Å². The summed E-state index contributed by atoms with van der Waals surface area (Å²) in [5.41, 5.74) is 10.6. The summed E-state index contributed by atoms with van der Waals surface area (Å²) in [6.45, 7) is 2.93.